The van der Waals surface area contributed by atoms with Crippen LogP contribution >= 0.6 is 11.6 Å². The summed E-state index contributed by atoms with van der Waals surface area (Å²) in [5.41, 5.74) is 1.46. The van der Waals surface area contributed by atoms with E-state index in [4.69, 9.17) is 16.3 Å². The van der Waals surface area contributed by atoms with Gasteiger partial charge in [0.05, 0.1) is 6.61 Å². The van der Waals surface area contributed by atoms with Crippen LogP contribution in [0.25, 0.3) is 0 Å². The van der Waals surface area contributed by atoms with Gasteiger partial charge in [0.25, 0.3) is 5.91 Å². The number of rotatable bonds is 4. The number of ether oxygens (including phenoxy) is 1. The zero-order valence-corrected chi connectivity index (χ0v) is 13.8. The van der Waals surface area contributed by atoms with Crippen LogP contribution in [0.4, 0.5) is 0 Å². The first-order chi connectivity index (χ1) is 10.4. The maximum atomic E-state index is 12.1. The summed E-state index contributed by atoms with van der Waals surface area (Å²) in [6, 6.07) is 8.39. The van der Waals surface area contributed by atoms with Gasteiger partial charge in [-0.2, -0.15) is 0 Å². The van der Waals surface area contributed by atoms with Crippen molar-refractivity contribution in [2.45, 2.75) is 44.9 Å². The van der Waals surface area contributed by atoms with Gasteiger partial charge in [0.15, 0.2) is 0 Å². The molecule has 1 aliphatic heterocycles. The first-order valence-corrected chi connectivity index (χ1v) is 8.22. The smallest absolute Gasteiger partial charge is 0.250 e. The van der Waals surface area contributed by atoms with Crippen LogP contribution < -0.4 is 10.6 Å². The van der Waals surface area contributed by atoms with E-state index in [1.807, 2.05) is 24.3 Å². The second-order valence-corrected chi connectivity index (χ2v) is 7.45. The van der Waals surface area contributed by atoms with Crippen LogP contribution in [0.1, 0.15) is 25.8 Å². The average molecular weight is 323 g/mol. The van der Waals surface area contributed by atoms with Crippen LogP contribution in [-0.2, 0) is 16.0 Å². The molecule has 1 aromatic carbocycles. The summed E-state index contributed by atoms with van der Waals surface area (Å²) in [5, 5.41) is 7.22. The van der Waals surface area contributed by atoms with Crippen molar-refractivity contribution in [2.24, 2.45) is 5.41 Å². The van der Waals surface area contributed by atoms with E-state index in [1.54, 1.807) is 0 Å². The van der Waals surface area contributed by atoms with E-state index in [9.17, 15) is 4.79 Å². The van der Waals surface area contributed by atoms with Crippen molar-refractivity contribution in [2.75, 3.05) is 13.2 Å². The predicted octanol–water partition coefficient (Wildman–Crippen LogP) is 2.15. The molecule has 1 saturated heterocycles. The largest absolute Gasteiger partial charge is 0.365 e. The Balaban J connectivity index is 1.44. The third kappa shape index (κ3) is 3.80. The Labute approximate surface area is 136 Å². The molecule has 1 unspecified atom stereocenters. The standard InChI is InChI=1S/C17H23ClN2O2/c1-17(2)8-15(17)20-16(21)14-9-19-13(10-22-14)7-11-3-5-12(18)6-4-11/h3-6,13-15,19H,7-10H2,1-2H3,(H,20,21)/t13-,14+,15?/m0/s1. The molecule has 4 nitrogen and oxygen atoms in total. The van der Waals surface area contributed by atoms with Gasteiger partial charge in [-0.1, -0.05) is 37.6 Å². The number of halogens is 1. The summed E-state index contributed by atoms with van der Waals surface area (Å²) < 4.78 is 5.74. The predicted molar refractivity (Wildman–Crippen MR) is 87.0 cm³/mol. The fraction of sp³-hybridized carbons (Fsp3) is 0.588. The van der Waals surface area contributed by atoms with Crippen molar-refractivity contribution in [1.82, 2.24) is 10.6 Å². The Morgan fingerprint density at radius 1 is 1.41 bits per heavy atom. The van der Waals surface area contributed by atoms with Gasteiger partial charge in [0, 0.05) is 23.7 Å². The minimum Gasteiger partial charge on any atom is -0.365 e. The molecule has 0 aromatic heterocycles. The molecule has 1 amide bonds. The second kappa shape index (κ2) is 6.19. The Morgan fingerprint density at radius 2 is 2.09 bits per heavy atom. The molecule has 1 heterocycles. The lowest BCUT2D eigenvalue weighted by Gasteiger charge is -2.30. The molecule has 3 rings (SSSR count). The molecular formula is C17H23ClN2O2. The maximum absolute atomic E-state index is 12.1. The number of morpholine rings is 1. The SMILES string of the molecule is CC1(C)CC1NC(=O)[C@H]1CN[C@@H](Cc2ccc(Cl)cc2)CO1. The lowest BCUT2D eigenvalue weighted by molar-refractivity contribution is -0.135. The van der Waals surface area contributed by atoms with Gasteiger partial charge in [-0.3, -0.25) is 4.79 Å². The minimum atomic E-state index is -0.377. The van der Waals surface area contributed by atoms with Gasteiger partial charge in [-0.15, -0.1) is 0 Å². The van der Waals surface area contributed by atoms with E-state index >= 15 is 0 Å². The Kier molecular flexibility index (Phi) is 4.44. The van der Waals surface area contributed by atoms with Crippen LogP contribution in [0.5, 0.6) is 0 Å². The van der Waals surface area contributed by atoms with Crippen LogP contribution in [0, 0.1) is 5.41 Å². The quantitative estimate of drug-likeness (QED) is 0.893. The molecule has 2 aliphatic rings. The summed E-state index contributed by atoms with van der Waals surface area (Å²) in [7, 11) is 0. The number of hydrogen-bond donors (Lipinski definition) is 2. The van der Waals surface area contributed by atoms with E-state index in [2.05, 4.69) is 24.5 Å². The number of carbonyl (C=O) groups excluding carboxylic acids is 1. The second-order valence-electron chi connectivity index (χ2n) is 7.01. The molecule has 1 saturated carbocycles. The fourth-order valence-electron chi connectivity index (χ4n) is 2.81. The van der Waals surface area contributed by atoms with Crippen molar-refractivity contribution in [3.63, 3.8) is 0 Å². The monoisotopic (exact) mass is 322 g/mol. The summed E-state index contributed by atoms with van der Waals surface area (Å²) in [5.74, 6) is 0.00742. The molecule has 2 N–H and O–H groups in total. The lowest BCUT2D eigenvalue weighted by Crippen LogP contribution is -2.53. The molecule has 120 valence electrons. The average Bonchev–Trinajstić information content (AvgIpc) is 3.09. The normalized spacial score (nSPS) is 29.9. The molecular weight excluding hydrogens is 300 g/mol. The zero-order chi connectivity index (χ0) is 15.7. The van der Waals surface area contributed by atoms with Gasteiger partial charge in [-0.25, -0.2) is 0 Å². The highest BCUT2D eigenvalue weighted by molar-refractivity contribution is 6.30. The molecule has 0 radical (unpaired) electrons. The van der Waals surface area contributed by atoms with Crippen molar-refractivity contribution < 1.29 is 9.53 Å². The highest BCUT2D eigenvalue weighted by Crippen LogP contribution is 2.44. The van der Waals surface area contributed by atoms with Crippen LogP contribution in [0.15, 0.2) is 24.3 Å². The molecule has 22 heavy (non-hydrogen) atoms. The van der Waals surface area contributed by atoms with Crippen LogP contribution in [0.2, 0.25) is 5.02 Å². The van der Waals surface area contributed by atoms with E-state index < -0.39 is 0 Å². The molecule has 5 heteroatoms. The van der Waals surface area contributed by atoms with Gasteiger partial charge in [-0.05, 0) is 36.0 Å². The first-order valence-electron chi connectivity index (χ1n) is 7.84. The van der Waals surface area contributed by atoms with Gasteiger partial charge in [0.2, 0.25) is 0 Å². The highest BCUT2D eigenvalue weighted by atomic mass is 35.5. The molecule has 3 atom stereocenters. The first kappa shape index (κ1) is 15.8. The molecule has 0 spiro atoms. The van der Waals surface area contributed by atoms with E-state index in [-0.39, 0.29) is 23.5 Å². The molecule has 1 aliphatic carbocycles. The van der Waals surface area contributed by atoms with Crippen molar-refractivity contribution in [3.05, 3.63) is 34.9 Å². The number of nitrogens with one attached hydrogen (secondary N) is 2. The minimum absolute atomic E-state index is 0.00742. The van der Waals surface area contributed by atoms with Gasteiger partial charge >= 0.3 is 0 Å². The Bertz CT molecular complexity index is 536. The summed E-state index contributed by atoms with van der Waals surface area (Å²) in [6.45, 7) is 5.45. The van der Waals surface area contributed by atoms with Crippen LogP contribution in [-0.4, -0.2) is 37.2 Å². The number of benzene rings is 1. The van der Waals surface area contributed by atoms with Gasteiger partial charge < -0.3 is 15.4 Å². The lowest BCUT2D eigenvalue weighted by atomic mass is 10.1. The zero-order valence-electron chi connectivity index (χ0n) is 13.1. The van der Waals surface area contributed by atoms with Gasteiger partial charge in [0.1, 0.15) is 6.10 Å². The van der Waals surface area contributed by atoms with Crippen molar-refractivity contribution in [3.8, 4) is 0 Å². The van der Waals surface area contributed by atoms with Crippen LogP contribution in [0.3, 0.4) is 0 Å². The Hall–Kier alpha value is -1.10. The number of amides is 1. The maximum Gasteiger partial charge on any atom is 0.250 e. The van der Waals surface area contributed by atoms with E-state index in [1.165, 1.54) is 5.56 Å². The molecule has 2 fully saturated rings. The molecule has 1 aromatic rings. The fourth-order valence-corrected chi connectivity index (χ4v) is 2.93. The Morgan fingerprint density at radius 3 is 2.64 bits per heavy atom. The number of carbonyl (C=O) groups is 1. The van der Waals surface area contributed by atoms with Crippen molar-refractivity contribution in [1.29, 1.82) is 0 Å². The topological polar surface area (TPSA) is 50.4 Å². The highest BCUT2D eigenvalue weighted by Gasteiger charge is 2.47. The van der Waals surface area contributed by atoms with E-state index in [0.717, 1.165) is 17.9 Å². The number of hydrogen-bond acceptors (Lipinski definition) is 3. The third-order valence-electron chi connectivity index (χ3n) is 4.61. The summed E-state index contributed by atoms with van der Waals surface area (Å²) in [4.78, 5) is 12.1. The van der Waals surface area contributed by atoms with Crippen molar-refractivity contribution >= 4 is 17.5 Å². The third-order valence-corrected chi connectivity index (χ3v) is 4.86. The summed E-state index contributed by atoms with van der Waals surface area (Å²) >= 11 is 5.89. The van der Waals surface area contributed by atoms with E-state index in [0.29, 0.717) is 19.2 Å². The molecule has 0 bridgehead atoms. The summed E-state index contributed by atoms with van der Waals surface area (Å²) in [6.07, 6.45) is 1.55.